The molecule has 1 aliphatic rings. The van der Waals surface area contributed by atoms with E-state index in [9.17, 15) is 9.90 Å². The maximum atomic E-state index is 12.8. The summed E-state index contributed by atoms with van der Waals surface area (Å²) >= 11 is 1.67. The summed E-state index contributed by atoms with van der Waals surface area (Å²) in [6, 6.07) is 8.03. The van der Waals surface area contributed by atoms with Crippen molar-refractivity contribution in [1.82, 2.24) is 9.29 Å². The summed E-state index contributed by atoms with van der Waals surface area (Å²) in [5.41, 5.74) is 2.31. The van der Waals surface area contributed by atoms with Crippen LogP contribution in [0.4, 0.5) is 0 Å². The van der Waals surface area contributed by atoms with Crippen molar-refractivity contribution in [3.8, 4) is 0 Å². The summed E-state index contributed by atoms with van der Waals surface area (Å²) in [6.07, 6.45) is 3.92. The molecule has 1 saturated heterocycles. The first-order valence-corrected chi connectivity index (χ1v) is 9.39. The molecule has 1 aliphatic heterocycles. The number of carbonyl (C=O) groups excluding carboxylic acids is 1. The highest BCUT2D eigenvalue weighted by Gasteiger charge is 2.27. The number of nitrogens with zero attached hydrogens (tertiary/aromatic N) is 1. The molecule has 0 spiro atoms. The van der Waals surface area contributed by atoms with Gasteiger partial charge in [-0.2, -0.15) is 0 Å². The Balaban J connectivity index is 1.85. The van der Waals surface area contributed by atoms with Gasteiger partial charge in [0, 0.05) is 41.4 Å². The van der Waals surface area contributed by atoms with E-state index in [4.69, 9.17) is 4.74 Å². The van der Waals surface area contributed by atoms with E-state index in [1.807, 2.05) is 41.4 Å². The second-order valence-corrected chi connectivity index (χ2v) is 8.25. The normalized spacial score (nSPS) is 22.3. The zero-order valence-corrected chi connectivity index (χ0v) is 15.5. The van der Waals surface area contributed by atoms with Gasteiger partial charge in [0.1, 0.15) is 6.10 Å². The fourth-order valence-corrected chi connectivity index (χ4v) is 4.07. The molecular formula is C19H24N2O3S. The van der Waals surface area contributed by atoms with E-state index in [0.717, 1.165) is 23.6 Å². The first-order chi connectivity index (χ1) is 12.0. The van der Waals surface area contributed by atoms with Gasteiger partial charge in [0.2, 0.25) is 0 Å². The van der Waals surface area contributed by atoms with Crippen LogP contribution < -0.4 is 5.32 Å². The molecule has 0 bridgehead atoms. The van der Waals surface area contributed by atoms with Crippen molar-refractivity contribution < 1.29 is 14.6 Å². The van der Waals surface area contributed by atoms with Gasteiger partial charge in [-0.3, -0.25) is 3.97 Å². The number of aliphatic hydroxyl groups excluding tert-OH is 1. The molecule has 1 aromatic heterocycles. The number of benzene rings is 1. The van der Waals surface area contributed by atoms with Crippen molar-refractivity contribution in [2.45, 2.75) is 51.0 Å². The number of hydrogen-bond donors (Lipinski definition) is 2. The number of esters is 1. The molecule has 5 nitrogen and oxygen atoms in total. The monoisotopic (exact) mass is 360 g/mol. The van der Waals surface area contributed by atoms with Crippen LogP contribution >= 0.6 is 11.9 Å². The molecule has 0 amide bonds. The molecule has 0 radical (unpaired) electrons. The first-order valence-electron chi connectivity index (χ1n) is 8.56. The van der Waals surface area contributed by atoms with Crippen LogP contribution in [-0.2, 0) is 4.74 Å². The lowest BCUT2D eigenvalue weighted by molar-refractivity contribution is 0.0227. The Morgan fingerprint density at radius 3 is 2.92 bits per heavy atom. The average molecular weight is 360 g/mol. The van der Waals surface area contributed by atoms with Crippen LogP contribution in [0.3, 0.4) is 0 Å². The molecule has 0 saturated carbocycles. The van der Waals surface area contributed by atoms with E-state index >= 15 is 0 Å². The number of aromatic nitrogens is 1. The fourth-order valence-electron chi connectivity index (χ4n) is 3.18. The van der Waals surface area contributed by atoms with E-state index in [0.29, 0.717) is 22.9 Å². The van der Waals surface area contributed by atoms with Crippen LogP contribution in [0, 0.1) is 0 Å². The Labute approximate surface area is 152 Å². The SMILES string of the molecule is CC1CC(OC(=O)c2cn(SC(C)C)c3ccccc23)C/C(=C\O)N1. The van der Waals surface area contributed by atoms with E-state index in [2.05, 4.69) is 19.2 Å². The summed E-state index contributed by atoms with van der Waals surface area (Å²) in [6.45, 7) is 6.25. The van der Waals surface area contributed by atoms with Gasteiger partial charge in [0.05, 0.1) is 17.3 Å². The van der Waals surface area contributed by atoms with Crippen molar-refractivity contribution in [2.24, 2.45) is 0 Å². The van der Waals surface area contributed by atoms with Crippen molar-refractivity contribution in [3.05, 3.63) is 48.0 Å². The lowest BCUT2D eigenvalue weighted by atomic mass is 10.0. The zero-order valence-electron chi connectivity index (χ0n) is 14.7. The molecule has 3 rings (SSSR count). The molecule has 1 aromatic carbocycles. The Bertz CT molecular complexity index is 797. The van der Waals surface area contributed by atoms with E-state index in [1.165, 1.54) is 0 Å². The third kappa shape index (κ3) is 3.95. The predicted octanol–water partition coefficient (Wildman–Crippen LogP) is 4.24. The van der Waals surface area contributed by atoms with Gasteiger partial charge in [-0.1, -0.05) is 32.0 Å². The fraction of sp³-hybridized carbons (Fsp3) is 0.421. The number of carbonyl (C=O) groups is 1. The summed E-state index contributed by atoms with van der Waals surface area (Å²) in [5.74, 6) is -0.310. The van der Waals surface area contributed by atoms with Crippen LogP contribution in [0.25, 0.3) is 10.9 Å². The smallest absolute Gasteiger partial charge is 0.340 e. The van der Waals surface area contributed by atoms with E-state index < -0.39 is 0 Å². The molecular weight excluding hydrogens is 336 g/mol. The minimum absolute atomic E-state index is 0.155. The number of fused-ring (bicyclic) bond motifs is 1. The van der Waals surface area contributed by atoms with Crippen molar-refractivity contribution in [2.75, 3.05) is 0 Å². The Kier molecular flexibility index (Phi) is 5.27. The number of ether oxygens (including phenoxy) is 1. The molecule has 25 heavy (non-hydrogen) atoms. The highest BCUT2D eigenvalue weighted by Crippen LogP contribution is 2.29. The third-order valence-corrected chi connectivity index (χ3v) is 5.10. The lowest BCUT2D eigenvalue weighted by Crippen LogP contribution is -2.38. The Hall–Kier alpha value is -2.08. The van der Waals surface area contributed by atoms with Crippen LogP contribution in [0.5, 0.6) is 0 Å². The van der Waals surface area contributed by atoms with Crippen LogP contribution in [0.15, 0.2) is 42.4 Å². The molecule has 2 unspecified atom stereocenters. The number of aliphatic hydroxyl groups is 1. The number of para-hydroxylation sites is 1. The minimum atomic E-state index is -0.310. The van der Waals surface area contributed by atoms with Gasteiger partial charge >= 0.3 is 5.97 Å². The van der Waals surface area contributed by atoms with Gasteiger partial charge in [-0.15, -0.1) is 0 Å². The van der Waals surface area contributed by atoms with Crippen molar-refractivity contribution in [1.29, 1.82) is 0 Å². The van der Waals surface area contributed by atoms with Crippen LogP contribution in [-0.4, -0.2) is 32.4 Å². The molecule has 134 valence electrons. The maximum absolute atomic E-state index is 12.8. The third-order valence-electron chi connectivity index (χ3n) is 4.15. The summed E-state index contributed by atoms with van der Waals surface area (Å²) < 4.78 is 7.80. The molecule has 2 N–H and O–H groups in total. The maximum Gasteiger partial charge on any atom is 0.340 e. The van der Waals surface area contributed by atoms with Crippen molar-refractivity contribution in [3.63, 3.8) is 0 Å². The largest absolute Gasteiger partial charge is 0.514 e. The summed E-state index contributed by atoms with van der Waals surface area (Å²) in [5, 5.41) is 13.7. The van der Waals surface area contributed by atoms with Crippen molar-refractivity contribution >= 4 is 28.8 Å². The molecule has 2 atom stereocenters. The first kappa shape index (κ1) is 17.7. The highest BCUT2D eigenvalue weighted by atomic mass is 32.2. The summed E-state index contributed by atoms with van der Waals surface area (Å²) in [4.78, 5) is 12.8. The average Bonchev–Trinajstić information content (AvgIpc) is 2.92. The molecule has 2 heterocycles. The van der Waals surface area contributed by atoms with Crippen LogP contribution in [0.1, 0.15) is 44.0 Å². The van der Waals surface area contributed by atoms with Gasteiger partial charge in [0.25, 0.3) is 0 Å². The van der Waals surface area contributed by atoms with Gasteiger partial charge in [-0.25, -0.2) is 4.79 Å². The number of hydrogen-bond acceptors (Lipinski definition) is 5. The minimum Gasteiger partial charge on any atom is -0.514 e. The Morgan fingerprint density at radius 1 is 1.44 bits per heavy atom. The standard InChI is InChI=1S/C19H24N2O3S/c1-12(2)25-21-10-17(16-6-4-5-7-18(16)21)19(23)24-15-8-13(3)20-14(9-15)11-22/h4-7,10-13,15,20,22H,8-9H2,1-3H3/b14-11+. The quantitative estimate of drug-likeness (QED) is 0.631. The zero-order chi connectivity index (χ0) is 18.0. The lowest BCUT2D eigenvalue weighted by Gasteiger charge is -2.30. The van der Waals surface area contributed by atoms with E-state index in [1.54, 1.807) is 11.9 Å². The number of piperidine rings is 1. The summed E-state index contributed by atoms with van der Waals surface area (Å²) in [7, 11) is 0. The molecule has 6 heteroatoms. The van der Waals surface area contributed by atoms with Gasteiger partial charge < -0.3 is 15.2 Å². The molecule has 0 aliphatic carbocycles. The number of rotatable bonds is 4. The number of nitrogens with one attached hydrogen (secondary N) is 1. The Morgan fingerprint density at radius 2 is 2.20 bits per heavy atom. The highest BCUT2D eigenvalue weighted by molar-refractivity contribution is 7.98. The van der Waals surface area contributed by atoms with E-state index in [-0.39, 0.29) is 18.1 Å². The topological polar surface area (TPSA) is 63.5 Å². The molecule has 1 fully saturated rings. The predicted molar refractivity (Wildman–Crippen MR) is 102 cm³/mol. The second kappa shape index (κ2) is 7.44. The van der Waals surface area contributed by atoms with Gasteiger partial charge in [-0.05, 0) is 24.9 Å². The molecule has 2 aromatic rings. The second-order valence-electron chi connectivity index (χ2n) is 6.71. The van der Waals surface area contributed by atoms with Crippen LogP contribution in [0.2, 0.25) is 0 Å². The van der Waals surface area contributed by atoms with Gasteiger partial charge in [0.15, 0.2) is 0 Å².